The maximum absolute atomic E-state index is 11.8. The third kappa shape index (κ3) is 2.16. The fraction of sp³-hybridized carbons (Fsp3) is 0.385. The molecule has 1 atom stereocenters. The lowest BCUT2D eigenvalue weighted by Gasteiger charge is -2.22. The molecule has 1 unspecified atom stereocenters. The number of benzene rings is 1. The molecule has 0 aliphatic carbocycles. The minimum atomic E-state index is -0.518. The van der Waals surface area contributed by atoms with Gasteiger partial charge in [0, 0.05) is 12.1 Å². The largest absolute Gasteiger partial charge is 0.497 e. The molecule has 0 saturated carbocycles. The van der Waals surface area contributed by atoms with E-state index in [1.165, 1.54) is 12.0 Å². The van der Waals surface area contributed by atoms with Crippen molar-refractivity contribution in [1.82, 2.24) is 0 Å². The van der Waals surface area contributed by atoms with Crippen molar-refractivity contribution < 1.29 is 19.1 Å². The van der Waals surface area contributed by atoms with E-state index in [4.69, 9.17) is 9.47 Å². The van der Waals surface area contributed by atoms with Gasteiger partial charge in [0.1, 0.15) is 11.8 Å². The summed E-state index contributed by atoms with van der Waals surface area (Å²) in [6, 6.07) is 6.52. The number of carbonyl (C=O) groups is 2. The standard InChI is InChI=1S/C13H15NO4/c1-17-10-5-3-9(4-6-10)14-11(13(16)18-2)7-8-12(14)15/h3-6,11H,7-8H2,1-2H3. The first-order chi connectivity index (χ1) is 8.67. The van der Waals surface area contributed by atoms with E-state index in [1.807, 2.05) is 0 Å². The highest BCUT2D eigenvalue weighted by molar-refractivity contribution is 6.02. The van der Waals surface area contributed by atoms with Gasteiger partial charge in [0.2, 0.25) is 5.91 Å². The Kier molecular flexibility index (Phi) is 3.50. The van der Waals surface area contributed by atoms with Gasteiger partial charge in [-0.3, -0.25) is 9.69 Å². The molecule has 96 valence electrons. The minimum Gasteiger partial charge on any atom is -0.497 e. The van der Waals surface area contributed by atoms with E-state index >= 15 is 0 Å². The fourth-order valence-corrected chi connectivity index (χ4v) is 2.11. The number of nitrogens with zero attached hydrogens (tertiary/aromatic N) is 1. The minimum absolute atomic E-state index is 0.0597. The van der Waals surface area contributed by atoms with Crippen molar-refractivity contribution in [1.29, 1.82) is 0 Å². The molecule has 1 aliphatic heterocycles. The molecule has 5 nitrogen and oxygen atoms in total. The monoisotopic (exact) mass is 249 g/mol. The summed E-state index contributed by atoms with van der Waals surface area (Å²) >= 11 is 0. The molecule has 0 N–H and O–H groups in total. The zero-order valence-corrected chi connectivity index (χ0v) is 10.4. The molecule has 1 fully saturated rings. The van der Waals surface area contributed by atoms with Crippen molar-refractivity contribution in [3.8, 4) is 5.75 Å². The zero-order chi connectivity index (χ0) is 13.1. The van der Waals surface area contributed by atoms with E-state index in [1.54, 1.807) is 31.4 Å². The van der Waals surface area contributed by atoms with Crippen LogP contribution in [-0.4, -0.2) is 32.1 Å². The molecule has 0 bridgehead atoms. The first kappa shape index (κ1) is 12.4. The van der Waals surface area contributed by atoms with Crippen molar-refractivity contribution in [3.05, 3.63) is 24.3 Å². The average Bonchev–Trinajstić information content (AvgIpc) is 2.80. The number of hydrogen-bond donors (Lipinski definition) is 0. The molecular formula is C13H15NO4. The molecule has 1 aliphatic rings. The van der Waals surface area contributed by atoms with Crippen LogP contribution in [0.5, 0.6) is 5.75 Å². The summed E-state index contributed by atoms with van der Waals surface area (Å²) < 4.78 is 9.78. The molecule has 0 spiro atoms. The summed E-state index contributed by atoms with van der Waals surface area (Å²) in [5, 5.41) is 0. The highest BCUT2D eigenvalue weighted by Crippen LogP contribution is 2.28. The number of esters is 1. The molecule has 1 aromatic rings. The van der Waals surface area contributed by atoms with Crippen molar-refractivity contribution in [3.63, 3.8) is 0 Å². The number of amides is 1. The molecule has 0 aromatic heterocycles. The summed E-state index contributed by atoms with van der Waals surface area (Å²) in [6.45, 7) is 0. The second kappa shape index (κ2) is 5.08. The molecule has 1 heterocycles. The average molecular weight is 249 g/mol. The first-order valence-electron chi connectivity index (χ1n) is 5.71. The maximum atomic E-state index is 11.8. The molecule has 2 rings (SSSR count). The summed E-state index contributed by atoms with van der Waals surface area (Å²) in [5.41, 5.74) is 0.689. The van der Waals surface area contributed by atoms with E-state index in [0.29, 0.717) is 24.3 Å². The van der Waals surface area contributed by atoms with Gasteiger partial charge < -0.3 is 9.47 Å². The van der Waals surface area contributed by atoms with Crippen molar-refractivity contribution in [2.75, 3.05) is 19.1 Å². The number of carbonyl (C=O) groups excluding carboxylic acids is 2. The Labute approximate surface area is 105 Å². The van der Waals surface area contributed by atoms with Gasteiger partial charge in [-0.2, -0.15) is 0 Å². The van der Waals surface area contributed by atoms with Crippen LogP contribution < -0.4 is 9.64 Å². The first-order valence-corrected chi connectivity index (χ1v) is 5.71. The molecule has 1 aromatic carbocycles. The normalized spacial score (nSPS) is 18.9. The summed E-state index contributed by atoms with van der Waals surface area (Å²) in [6.07, 6.45) is 0.864. The quantitative estimate of drug-likeness (QED) is 0.759. The second-order valence-electron chi connectivity index (χ2n) is 4.04. The van der Waals surface area contributed by atoms with Crippen molar-refractivity contribution in [2.24, 2.45) is 0 Å². The highest BCUT2D eigenvalue weighted by atomic mass is 16.5. The van der Waals surface area contributed by atoms with Gasteiger partial charge in [-0.15, -0.1) is 0 Å². The summed E-state index contributed by atoms with van der Waals surface area (Å²) in [5.74, 6) is 0.271. The maximum Gasteiger partial charge on any atom is 0.328 e. The molecule has 18 heavy (non-hydrogen) atoms. The smallest absolute Gasteiger partial charge is 0.328 e. The third-order valence-corrected chi connectivity index (χ3v) is 3.04. The number of ether oxygens (including phenoxy) is 2. The van der Waals surface area contributed by atoms with Crippen LogP contribution in [0.15, 0.2) is 24.3 Å². The van der Waals surface area contributed by atoms with Gasteiger partial charge in [0.25, 0.3) is 0 Å². The van der Waals surface area contributed by atoms with E-state index in [2.05, 4.69) is 0 Å². The Morgan fingerprint density at radius 3 is 2.50 bits per heavy atom. The lowest BCUT2D eigenvalue weighted by atomic mass is 10.2. The molecule has 5 heteroatoms. The lowest BCUT2D eigenvalue weighted by molar-refractivity contribution is -0.142. The van der Waals surface area contributed by atoms with Crippen LogP contribution in [0.2, 0.25) is 0 Å². The molecule has 1 saturated heterocycles. The van der Waals surface area contributed by atoms with Crippen LogP contribution in [0.25, 0.3) is 0 Å². The van der Waals surface area contributed by atoms with Crippen LogP contribution >= 0.6 is 0 Å². The van der Waals surface area contributed by atoms with Crippen LogP contribution in [-0.2, 0) is 14.3 Å². The van der Waals surface area contributed by atoms with Crippen LogP contribution in [0.1, 0.15) is 12.8 Å². The van der Waals surface area contributed by atoms with Crippen LogP contribution in [0.3, 0.4) is 0 Å². The summed E-state index contributed by atoms with van der Waals surface area (Å²) in [4.78, 5) is 25.0. The van der Waals surface area contributed by atoms with Gasteiger partial charge in [0.15, 0.2) is 0 Å². The predicted octanol–water partition coefficient (Wildman–Crippen LogP) is 1.36. The van der Waals surface area contributed by atoms with Crippen LogP contribution in [0.4, 0.5) is 5.69 Å². The predicted molar refractivity (Wildman–Crippen MR) is 65.5 cm³/mol. The Hall–Kier alpha value is -2.04. The Bertz CT molecular complexity index is 455. The van der Waals surface area contributed by atoms with Gasteiger partial charge >= 0.3 is 5.97 Å². The topological polar surface area (TPSA) is 55.8 Å². The van der Waals surface area contributed by atoms with Crippen molar-refractivity contribution >= 4 is 17.6 Å². The Morgan fingerprint density at radius 2 is 1.94 bits per heavy atom. The van der Waals surface area contributed by atoms with Crippen LogP contribution in [0, 0.1) is 0 Å². The second-order valence-corrected chi connectivity index (χ2v) is 4.04. The number of anilines is 1. The van der Waals surface area contributed by atoms with Gasteiger partial charge in [-0.25, -0.2) is 4.79 Å². The Balaban J connectivity index is 2.27. The van der Waals surface area contributed by atoms with Gasteiger partial charge in [-0.1, -0.05) is 0 Å². The molecular weight excluding hydrogens is 234 g/mol. The number of hydrogen-bond acceptors (Lipinski definition) is 4. The van der Waals surface area contributed by atoms with Crippen molar-refractivity contribution in [2.45, 2.75) is 18.9 Å². The third-order valence-electron chi connectivity index (χ3n) is 3.04. The van der Waals surface area contributed by atoms with E-state index < -0.39 is 6.04 Å². The fourth-order valence-electron chi connectivity index (χ4n) is 2.11. The zero-order valence-electron chi connectivity index (χ0n) is 10.4. The molecule has 0 radical (unpaired) electrons. The molecule has 1 amide bonds. The highest BCUT2D eigenvalue weighted by Gasteiger charge is 2.37. The van der Waals surface area contributed by atoms with Gasteiger partial charge in [-0.05, 0) is 30.7 Å². The van der Waals surface area contributed by atoms with Gasteiger partial charge in [0.05, 0.1) is 14.2 Å². The summed E-state index contributed by atoms with van der Waals surface area (Å²) in [7, 11) is 2.91. The van der Waals surface area contributed by atoms with E-state index in [9.17, 15) is 9.59 Å². The lowest BCUT2D eigenvalue weighted by Crippen LogP contribution is -2.39. The SMILES string of the molecule is COC(=O)C1CCC(=O)N1c1ccc(OC)cc1. The number of rotatable bonds is 3. The Morgan fingerprint density at radius 1 is 1.28 bits per heavy atom. The number of methoxy groups -OCH3 is 2. The van der Waals surface area contributed by atoms with E-state index in [0.717, 1.165) is 0 Å². The van der Waals surface area contributed by atoms with E-state index in [-0.39, 0.29) is 11.9 Å².